The molecule has 0 saturated carbocycles. The summed E-state index contributed by atoms with van der Waals surface area (Å²) >= 11 is 9.17. The maximum absolute atomic E-state index is 12.2. The van der Waals surface area contributed by atoms with Gasteiger partial charge in [0.05, 0.1) is 0 Å². The van der Waals surface area contributed by atoms with Crippen LogP contribution in [0.5, 0.6) is 0 Å². The summed E-state index contributed by atoms with van der Waals surface area (Å²) in [5, 5.41) is 0.593. The maximum atomic E-state index is 12.2. The van der Waals surface area contributed by atoms with Crippen molar-refractivity contribution in [3.05, 3.63) is 62.8 Å². The molecule has 0 fully saturated rings. The van der Waals surface area contributed by atoms with Crippen LogP contribution in [0.3, 0.4) is 0 Å². The highest BCUT2D eigenvalue weighted by atomic mass is 79.9. The van der Waals surface area contributed by atoms with Crippen LogP contribution in [0.4, 0.5) is 0 Å². The number of aromatic nitrogens is 1. The summed E-state index contributed by atoms with van der Waals surface area (Å²) < 4.78 is 0.690. The van der Waals surface area contributed by atoms with Crippen LogP contribution in [0.1, 0.15) is 21.6 Å². The normalized spacial score (nSPS) is 10.3. The molecule has 0 aliphatic heterocycles. The minimum atomic E-state index is -0.0685. The fourth-order valence-corrected chi connectivity index (χ4v) is 2.29. The van der Waals surface area contributed by atoms with Crippen LogP contribution in [-0.2, 0) is 0 Å². The van der Waals surface area contributed by atoms with Gasteiger partial charge < -0.3 is 0 Å². The highest BCUT2D eigenvalue weighted by molar-refractivity contribution is 9.10. The predicted octanol–water partition coefficient (Wildman–Crippen LogP) is 4.04. The van der Waals surface area contributed by atoms with Crippen molar-refractivity contribution in [3.8, 4) is 0 Å². The molecular weight excluding hydrogens is 302 g/mol. The Morgan fingerprint density at radius 2 is 2.06 bits per heavy atom. The smallest absolute Gasteiger partial charge is 0.195 e. The molecule has 0 saturated heterocycles. The molecule has 0 spiro atoms. The van der Waals surface area contributed by atoms with E-state index in [4.69, 9.17) is 11.6 Å². The largest absolute Gasteiger partial charge is 0.289 e. The van der Waals surface area contributed by atoms with Gasteiger partial charge in [0.15, 0.2) is 5.78 Å². The second-order valence-corrected chi connectivity index (χ2v) is 4.93. The molecule has 4 heteroatoms. The fraction of sp³-hybridized carbons (Fsp3) is 0.0769. The topological polar surface area (TPSA) is 30.0 Å². The molecule has 0 N–H and O–H groups in total. The number of ketones is 1. The van der Waals surface area contributed by atoms with Crippen LogP contribution in [0, 0.1) is 6.92 Å². The van der Waals surface area contributed by atoms with E-state index >= 15 is 0 Å². The number of carbonyl (C=O) groups excluding carboxylic acids is 1. The van der Waals surface area contributed by atoms with Gasteiger partial charge in [0, 0.05) is 32.5 Å². The van der Waals surface area contributed by atoms with Gasteiger partial charge in [-0.05, 0) is 53.2 Å². The number of rotatable bonds is 2. The minimum Gasteiger partial charge on any atom is -0.289 e. The molecule has 1 heterocycles. The molecule has 0 bridgehead atoms. The van der Waals surface area contributed by atoms with Gasteiger partial charge in [0.1, 0.15) is 0 Å². The standard InChI is InChI=1S/C13H9BrClNO/c1-8-2-3-9(7-16-8)13(17)11-5-4-10(15)6-12(11)14/h2-7H,1H3. The molecule has 2 aromatic rings. The number of aryl methyl sites for hydroxylation is 1. The maximum Gasteiger partial charge on any atom is 0.195 e. The fourth-order valence-electron chi connectivity index (χ4n) is 1.43. The third-order valence-electron chi connectivity index (χ3n) is 2.35. The zero-order chi connectivity index (χ0) is 12.4. The van der Waals surface area contributed by atoms with Crippen LogP contribution < -0.4 is 0 Å². The highest BCUT2D eigenvalue weighted by Crippen LogP contribution is 2.23. The summed E-state index contributed by atoms with van der Waals surface area (Å²) in [6.45, 7) is 1.88. The monoisotopic (exact) mass is 309 g/mol. The molecular formula is C13H9BrClNO. The van der Waals surface area contributed by atoms with E-state index in [2.05, 4.69) is 20.9 Å². The molecule has 2 rings (SSSR count). The molecule has 0 amide bonds. The number of hydrogen-bond acceptors (Lipinski definition) is 2. The van der Waals surface area contributed by atoms with E-state index in [1.54, 1.807) is 30.5 Å². The highest BCUT2D eigenvalue weighted by Gasteiger charge is 2.12. The number of carbonyl (C=O) groups is 1. The Labute approximate surface area is 113 Å². The van der Waals surface area contributed by atoms with Crippen LogP contribution in [0.15, 0.2) is 41.0 Å². The third kappa shape index (κ3) is 2.73. The molecule has 17 heavy (non-hydrogen) atoms. The Hall–Kier alpha value is -1.19. The van der Waals surface area contributed by atoms with Gasteiger partial charge >= 0.3 is 0 Å². The lowest BCUT2D eigenvalue weighted by Gasteiger charge is -2.04. The molecule has 2 nitrogen and oxygen atoms in total. The van der Waals surface area contributed by atoms with E-state index in [9.17, 15) is 4.79 Å². The van der Waals surface area contributed by atoms with E-state index in [1.807, 2.05) is 13.0 Å². The Bertz CT molecular complexity index is 566. The van der Waals surface area contributed by atoms with Crippen molar-refractivity contribution in [2.45, 2.75) is 6.92 Å². The lowest BCUT2D eigenvalue weighted by molar-refractivity contribution is 0.103. The average Bonchev–Trinajstić information content (AvgIpc) is 2.29. The first-order valence-electron chi connectivity index (χ1n) is 5.00. The predicted molar refractivity (Wildman–Crippen MR) is 71.6 cm³/mol. The van der Waals surface area contributed by atoms with Crippen molar-refractivity contribution >= 4 is 33.3 Å². The van der Waals surface area contributed by atoms with Gasteiger partial charge in [-0.1, -0.05) is 11.6 Å². The molecule has 0 radical (unpaired) electrons. The van der Waals surface area contributed by atoms with Gasteiger partial charge in [0.2, 0.25) is 0 Å². The van der Waals surface area contributed by atoms with Crippen molar-refractivity contribution < 1.29 is 4.79 Å². The number of nitrogens with zero attached hydrogens (tertiary/aromatic N) is 1. The Morgan fingerprint density at radius 3 is 2.65 bits per heavy atom. The average molecular weight is 311 g/mol. The number of pyridine rings is 1. The second-order valence-electron chi connectivity index (χ2n) is 3.64. The number of halogens is 2. The zero-order valence-electron chi connectivity index (χ0n) is 9.08. The first-order chi connectivity index (χ1) is 8.08. The van der Waals surface area contributed by atoms with E-state index in [1.165, 1.54) is 0 Å². The van der Waals surface area contributed by atoms with Crippen molar-refractivity contribution in [2.24, 2.45) is 0 Å². The third-order valence-corrected chi connectivity index (χ3v) is 3.24. The number of benzene rings is 1. The Balaban J connectivity index is 2.40. The van der Waals surface area contributed by atoms with E-state index in [0.29, 0.717) is 20.6 Å². The van der Waals surface area contributed by atoms with Crippen molar-refractivity contribution in [1.82, 2.24) is 4.98 Å². The van der Waals surface area contributed by atoms with Gasteiger partial charge in [0.25, 0.3) is 0 Å². The van der Waals surface area contributed by atoms with Gasteiger partial charge in [-0.25, -0.2) is 0 Å². The van der Waals surface area contributed by atoms with E-state index in [0.717, 1.165) is 5.69 Å². The molecule has 0 unspecified atom stereocenters. The van der Waals surface area contributed by atoms with Crippen LogP contribution in [-0.4, -0.2) is 10.8 Å². The molecule has 1 aromatic carbocycles. The summed E-state index contributed by atoms with van der Waals surface area (Å²) in [6.07, 6.45) is 1.58. The number of hydrogen-bond donors (Lipinski definition) is 0. The summed E-state index contributed by atoms with van der Waals surface area (Å²) in [4.78, 5) is 16.3. The summed E-state index contributed by atoms with van der Waals surface area (Å²) in [7, 11) is 0. The molecule has 0 atom stereocenters. The molecule has 86 valence electrons. The van der Waals surface area contributed by atoms with E-state index < -0.39 is 0 Å². The second kappa shape index (κ2) is 4.98. The first kappa shape index (κ1) is 12.3. The summed E-state index contributed by atoms with van der Waals surface area (Å²) in [5.41, 5.74) is 2.04. The lowest BCUT2D eigenvalue weighted by Crippen LogP contribution is -2.03. The van der Waals surface area contributed by atoms with E-state index in [-0.39, 0.29) is 5.78 Å². The van der Waals surface area contributed by atoms with Crippen LogP contribution in [0.25, 0.3) is 0 Å². The lowest BCUT2D eigenvalue weighted by atomic mass is 10.1. The van der Waals surface area contributed by atoms with Crippen LogP contribution in [0.2, 0.25) is 5.02 Å². The Kier molecular flexibility index (Phi) is 3.60. The van der Waals surface area contributed by atoms with Crippen molar-refractivity contribution in [1.29, 1.82) is 0 Å². The van der Waals surface area contributed by atoms with Crippen LogP contribution >= 0.6 is 27.5 Å². The quantitative estimate of drug-likeness (QED) is 0.784. The minimum absolute atomic E-state index is 0.0685. The zero-order valence-corrected chi connectivity index (χ0v) is 11.4. The van der Waals surface area contributed by atoms with Gasteiger partial charge in [-0.2, -0.15) is 0 Å². The van der Waals surface area contributed by atoms with Crippen molar-refractivity contribution in [2.75, 3.05) is 0 Å². The van der Waals surface area contributed by atoms with Gasteiger partial charge in [-0.3, -0.25) is 9.78 Å². The molecule has 1 aromatic heterocycles. The molecule has 0 aliphatic carbocycles. The SMILES string of the molecule is Cc1ccc(C(=O)c2ccc(Cl)cc2Br)cn1. The summed E-state index contributed by atoms with van der Waals surface area (Å²) in [6, 6.07) is 8.69. The molecule has 0 aliphatic rings. The summed E-state index contributed by atoms with van der Waals surface area (Å²) in [5.74, 6) is -0.0685. The van der Waals surface area contributed by atoms with Gasteiger partial charge in [-0.15, -0.1) is 0 Å². The van der Waals surface area contributed by atoms with Crippen molar-refractivity contribution in [3.63, 3.8) is 0 Å². The first-order valence-corrected chi connectivity index (χ1v) is 6.17. The Morgan fingerprint density at radius 1 is 1.29 bits per heavy atom.